The maximum absolute atomic E-state index is 11.6. The summed E-state index contributed by atoms with van der Waals surface area (Å²) in [5.74, 6) is -2.26. The Bertz CT molecular complexity index is 497. The molecule has 0 bridgehead atoms. The molecule has 1 unspecified atom stereocenters. The lowest BCUT2D eigenvalue weighted by molar-refractivity contribution is -0.133. The van der Waals surface area contributed by atoms with Crippen LogP contribution in [0.2, 0.25) is 0 Å². The van der Waals surface area contributed by atoms with E-state index >= 15 is 0 Å². The SMILES string of the molecule is CC(C(=O)O)=C(C)C(=O)NC(=O)NC1CCN(C)C1=O. The summed E-state index contributed by atoms with van der Waals surface area (Å²) in [4.78, 5) is 47.0. The van der Waals surface area contributed by atoms with Gasteiger partial charge >= 0.3 is 12.0 Å². The van der Waals surface area contributed by atoms with E-state index in [4.69, 9.17) is 5.11 Å². The average Bonchev–Trinajstić information content (AvgIpc) is 2.68. The van der Waals surface area contributed by atoms with Gasteiger partial charge < -0.3 is 15.3 Å². The van der Waals surface area contributed by atoms with Gasteiger partial charge in [-0.25, -0.2) is 9.59 Å². The largest absolute Gasteiger partial charge is 0.478 e. The average molecular weight is 283 g/mol. The minimum Gasteiger partial charge on any atom is -0.478 e. The van der Waals surface area contributed by atoms with Crippen LogP contribution < -0.4 is 10.6 Å². The van der Waals surface area contributed by atoms with Crippen LogP contribution in [-0.4, -0.2) is 53.5 Å². The summed E-state index contributed by atoms with van der Waals surface area (Å²) in [5, 5.41) is 13.1. The number of carboxylic acid groups (broad SMARTS) is 1. The molecule has 1 saturated heterocycles. The van der Waals surface area contributed by atoms with Gasteiger partial charge in [0.15, 0.2) is 0 Å². The lowest BCUT2D eigenvalue weighted by Gasteiger charge is -2.13. The Hall–Kier alpha value is -2.38. The highest BCUT2D eigenvalue weighted by Crippen LogP contribution is 2.08. The van der Waals surface area contributed by atoms with Gasteiger partial charge in [-0.2, -0.15) is 0 Å². The van der Waals surface area contributed by atoms with Crippen molar-refractivity contribution >= 4 is 23.8 Å². The lowest BCUT2D eigenvalue weighted by Crippen LogP contribution is -2.47. The third-order valence-corrected chi connectivity index (χ3v) is 3.18. The molecule has 0 spiro atoms. The molecule has 4 amide bonds. The Morgan fingerprint density at radius 3 is 2.30 bits per heavy atom. The van der Waals surface area contributed by atoms with Crippen LogP contribution in [-0.2, 0) is 14.4 Å². The van der Waals surface area contributed by atoms with Crippen molar-refractivity contribution in [1.29, 1.82) is 0 Å². The van der Waals surface area contributed by atoms with Gasteiger partial charge in [0, 0.05) is 24.7 Å². The Morgan fingerprint density at radius 2 is 1.85 bits per heavy atom. The molecule has 20 heavy (non-hydrogen) atoms. The molecule has 1 fully saturated rings. The number of likely N-dealkylation sites (tertiary alicyclic amines) is 1. The number of nitrogens with zero attached hydrogens (tertiary/aromatic N) is 1. The molecule has 8 heteroatoms. The van der Waals surface area contributed by atoms with Crippen molar-refractivity contribution in [2.24, 2.45) is 0 Å². The second-order valence-electron chi connectivity index (χ2n) is 4.58. The second kappa shape index (κ2) is 6.18. The summed E-state index contributed by atoms with van der Waals surface area (Å²) in [7, 11) is 1.62. The second-order valence-corrected chi connectivity index (χ2v) is 4.58. The van der Waals surface area contributed by atoms with Crippen LogP contribution in [0.3, 0.4) is 0 Å². The number of nitrogens with one attached hydrogen (secondary N) is 2. The third kappa shape index (κ3) is 3.56. The fraction of sp³-hybridized carbons (Fsp3) is 0.500. The number of aliphatic carboxylic acids is 1. The smallest absolute Gasteiger partial charge is 0.331 e. The first-order valence-electron chi connectivity index (χ1n) is 6.01. The molecule has 0 saturated carbocycles. The van der Waals surface area contributed by atoms with E-state index in [1.54, 1.807) is 7.05 Å². The maximum Gasteiger partial charge on any atom is 0.331 e. The maximum atomic E-state index is 11.6. The number of amides is 4. The molecule has 1 rings (SSSR count). The summed E-state index contributed by atoms with van der Waals surface area (Å²) < 4.78 is 0. The van der Waals surface area contributed by atoms with E-state index in [1.165, 1.54) is 18.7 Å². The number of hydrogen-bond donors (Lipinski definition) is 3. The molecule has 1 aliphatic rings. The molecule has 0 aromatic carbocycles. The number of imide groups is 1. The highest BCUT2D eigenvalue weighted by atomic mass is 16.4. The van der Waals surface area contributed by atoms with Crippen molar-refractivity contribution < 1.29 is 24.3 Å². The predicted octanol–water partition coefficient (Wildman–Crippen LogP) is -0.536. The van der Waals surface area contributed by atoms with E-state index in [9.17, 15) is 19.2 Å². The van der Waals surface area contributed by atoms with Crippen LogP contribution in [0.15, 0.2) is 11.1 Å². The zero-order valence-corrected chi connectivity index (χ0v) is 11.5. The number of carbonyl (C=O) groups is 4. The Balaban J connectivity index is 2.59. The summed E-state index contributed by atoms with van der Waals surface area (Å²) in [6, 6.07) is -1.47. The number of carboxylic acids is 1. The molecule has 110 valence electrons. The van der Waals surface area contributed by atoms with Gasteiger partial charge in [0.05, 0.1) is 0 Å². The summed E-state index contributed by atoms with van der Waals surface area (Å²) in [6.07, 6.45) is 0.472. The molecule has 0 aromatic rings. The number of rotatable bonds is 3. The van der Waals surface area contributed by atoms with Gasteiger partial charge in [0.1, 0.15) is 6.04 Å². The Labute approximate surface area is 115 Å². The predicted molar refractivity (Wildman–Crippen MR) is 68.7 cm³/mol. The molecule has 8 nitrogen and oxygen atoms in total. The zero-order chi connectivity index (χ0) is 15.4. The van der Waals surface area contributed by atoms with Crippen molar-refractivity contribution in [3.8, 4) is 0 Å². The Morgan fingerprint density at radius 1 is 1.25 bits per heavy atom. The third-order valence-electron chi connectivity index (χ3n) is 3.18. The van der Waals surface area contributed by atoms with Crippen LogP contribution in [0.5, 0.6) is 0 Å². The molecule has 1 aliphatic heterocycles. The minimum atomic E-state index is -1.23. The normalized spacial score (nSPS) is 19.4. The van der Waals surface area contributed by atoms with Gasteiger partial charge in [0.2, 0.25) is 5.91 Å². The fourth-order valence-electron chi connectivity index (χ4n) is 1.68. The van der Waals surface area contributed by atoms with Crippen molar-refractivity contribution in [2.45, 2.75) is 26.3 Å². The van der Waals surface area contributed by atoms with E-state index < -0.39 is 23.9 Å². The molecule has 3 N–H and O–H groups in total. The van der Waals surface area contributed by atoms with E-state index in [2.05, 4.69) is 5.32 Å². The van der Waals surface area contributed by atoms with Crippen LogP contribution in [0.25, 0.3) is 0 Å². The van der Waals surface area contributed by atoms with Gasteiger partial charge in [-0.3, -0.25) is 14.9 Å². The highest BCUT2D eigenvalue weighted by molar-refractivity contribution is 6.08. The summed E-state index contributed by atoms with van der Waals surface area (Å²) in [5.41, 5.74) is -0.213. The lowest BCUT2D eigenvalue weighted by atomic mass is 10.1. The van der Waals surface area contributed by atoms with Crippen molar-refractivity contribution in [3.05, 3.63) is 11.1 Å². The number of carbonyl (C=O) groups excluding carboxylic acids is 3. The first-order chi connectivity index (χ1) is 9.23. The topological polar surface area (TPSA) is 116 Å². The van der Waals surface area contributed by atoms with Crippen LogP contribution in [0.1, 0.15) is 20.3 Å². The van der Waals surface area contributed by atoms with E-state index in [1.807, 2.05) is 5.32 Å². The van der Waals surface area contributed by atoms with E-state index in [0.29, 0.717) is 13.0 Å². The van der Waals surface area contributed by atoms with Crippen LogP contribution in [0, 0.1) is 0 Å². The minimum absolute atomic E-state index is 0.0671. The van der Waals surface area contributed by atoms with Crippen LogP contribution in [0.4, 0.5) is 4.79 Å². The number of likely N-dealkylation sites (N-methyl/N-ethyl adjacent to an activating group) is 1. The quantitative estimate of drug-likeness (QED) is 0.602. The molecule has 0 aliphatic carbocycles. The zero-order valence-electron chi connectivity index (χ0n) is 11.5. The monoisotopic (exact) mass is 283 g/mol. The first kappa shape index (κ1) is 15.7. The van der Waals surface area contributed by atoms with Gasteiger partial charge in [-0.15, -0.1) is 0 Å². The molecule has 0 radical (unpaired) electrons. The van der Waals surface area contributed by atoms with Crippen molar-refractivity contribution in [2.75, 3.05) is 13.6 Å². The van der Waals surface area contributed by atoms with Crippen molar-refractivity contribution in [1.82, 2.24) is 15.5 Å². The molecule has 1 heterocycles. The van der Waals surface area contributed by atoms with Gasteiger partial charge in [-0.1, -0.05) is 0 Å². The Kier molecular flexibility index (Phi) is 4.84. The number of hydrogen-bond acceptors (Lipinski definition) is 4. The summed E-state index contributed by atoms with van der Waals surface area (Å²) >= 11 is 0. The molecule has 1 atom stereocenters. The van der Waals surface area contributed by atoms with Gasteiger partial charge in [0.25, 0.3) is 5.91 Å². The number of urea groups is 1. The van der Waals surface area contributed by atoms with Crippen LogP contribution >= 0.6 is 0 Å². The molecule has 0 aromatic heterocycles. The van der Waals surface area contributed by atoms with Gasteiger partial charge in [-0.05, 0) is 20.3 Å². The highest BCUT2D eigenvalue weighted by Gasteiger charge is 2.30. The standard InChI is InChI=1S/C12H17N3O5/c1-6(7(2)11(18)19)9(16)14-12(20)13-8-4-5-15(3)10(8)17/h8H,4-5H2,1-3H3,(H,18,19)(H2,13,14,16,20). The molecular formula is C12H17N3O5. The molecular weight excluding hydrogens is 266 g/mol. The van der Waals surface area contributed by atoms with E-state index in [-0.39, 0.29) is 17.1 Å². The first-order valence-corrected chi connectivity index (χ1v) is 6.01. The fourth-order valence-corrected chi connectivity index (χ4v) is 1.68. The summed E-state index contributed by atoms with van der Waals surface area (Å²) in [6.45, 7) is 3.11. The van der Waals surface area contributed by atoms with Crippen molar-refractivity contribution in [3.63, 3.8) is 0 Å². The van der Waals surface area contributed by atoms with E-state index in [0.717, 1.165) is 0 Å².